The molecule has 0 unspecified atom stereocenters. The van der Waals surface area contributed by atoms with Gasteiger partial charge in [-0.15, -0.1) is 0 Å². The van der Waals surface area contributed by atoms with Crippen LogP contribution in [0.3, 0.4) is 0 Å². The van der Waals surface area contributed by atoms with E-state index in [1.807, 2.05) is 26.0 Å². The van der Waals surface area contributed by atoms with Crippen molar-refractivity contribution in [1.82, 2.24) is 9.97 Å². The Balaban J connectivity index is 1.76. The predicted octanol–water partition coefficient (Wildman–Crippen LogP) is 4.39. The van der Waals surface area contributed by atoms with Crippen molar-refractivity contribution in [2.75, 3.05) is 23.3 Å². The third kappa shape index (κ3) is 3.39. The first-order chi connectivity index (χ1) is 13.0. The van der Waals surface area contributed by atoms with Crippen LogP contribution >= 0.6 is 0 Å². The Kier molecular flexibility index (Phi) is 4.56. The predicted molar refractivity (Wildman–Crippen MR) is 106 cm³/mol. The molecule has 3 heterocycles. The van der Waals surface area contributed by atoms with E-state index in [9.17, 15) is 4.79 Å². The molecule has 0 spiro atoms. The topological polar surface area (TPSA) is 71.3 Å². The van der Waals surface area contributed by atoms with E-state index in [-0.39, 0.29) is 5.91 Å². The quantitative estimate of drug-likeness (QED) is 0.746. The molecule has 1 N–H and O–H groups in total. The van der Waals surface area contributed by atoms with E-state index < -0.39 is 0 Å². The van der Waals surface area contributed by atoms with Gasteiger partial charge >= 0.3 is 0 Å². The second-order valence-electron chi connectivity index (χ2n) is 7.29. The van der Waals surface area contributed by atoms with Crippen LogP contribution in [-0.2, 0) is 0 Å². The first kappa shape index (κ1) is 17.5. The number of nitrogens with one attached hydrogen (secondary N) is 1. The van der Waals surface area contributed by atoms with E-state index in [0.29, 0.717) is 22.4 Å². The number of nitrogens with zero attached hydrogens (tertiary/aromatic N) is 3. The van der Waals surface area contributed by atoms with Crippen molar-refractivity contribution in [2.24, 2.45) is 0 Å². The number of benzene rings is 1. The number of hydrogen-bond acceptors (Lipinski definition) is 5. The van der Waals surface area contributed by atoms with Crippen molar-refractivity contribution in [2.45, 2.75) is 40.0 Å². The third-order valence-corrected chi connectivity index (χ3v) is 5.01. The van der Waals surface area contributed by atoms with Crippen LogP contribution in [0.25, 0.3) is 11.1 Å². The molecule has 1 saturated heterocycles. The first-order valence-corrected chi connectivity index (χ1v) is 9.41. The zero-order valence-electron chi connectivity index (χ0n) is 16.0. The SMILES string of the molecule is Cc1cc(C)cc(NC(=O)c2c(C)oc3ncnc(N4CCCCC4)c23)c1. The molecule has 27 heavy (non-hydrogen) atoms. The lowest BCUT2D eigenvalue weighted by Gasteiger charge is -2.28. The van der Waals surface area contributed by atoms with Crippen LogP contribution in [0, 0.1) is 20.8 Å². The Morgan fingerprint density at radius 3 is 2.44 bits per heavy atom. The fourth-order valence-electron chi connectivity index (χ4n) is 3.89. The Bertz CT molecular complexity index is 983. The van der Waals surface area contributed by atoms with E-state index in [1.54, 1.807) is 6.92 Å². The monoisotopic (exact) mass is 364 g/mol. The highest BCUT2D eigenvalue weighted by atomic mass is 16.3. The molecule has 3 aromatic rings. The first-order valence-electron chi connectivity index (χ1n) is 9.41. The smallest absolute Gasteiger partial charge is 0.260 e. The number of anilines is 2. The number of furan rings is 1. The number of carbonyl (C=O) groups excluding carboxylic acids is 1. The molecule has 1 fully saturated rings. The molecule has 4 rings (SSSR count). The lowest BCUT2D eigenvalue weighted by molar-refractivity contribution is 0.102. The minimum absolute atomic E-state index is 0.190. The molecule has 1 amide bonds. The van der Waals surface area contributed by atoms with Crippen LogP contribution in [0.5, 0.6) is 0 Å². The standard InChI is InChI=1S/C21H24N4O2/c1-13-9-14(2)11-16(10-13)24-20(26)17-15(3)27-21-18(17)19(22-12-23-21)25-7-5-4-6-8-25/h9-12H,4-8H2,1-3H3,(H,24,26). The van der Waals surface area contributed by atoms with Gasteiger partial charge in [0.1, 0.15) is 17.9 Å². The third-order valence-electron chi connectivity index (χ3n) is 5.01. The van der Waals surface area contributed by atoms with Crippen LogP contribution in [0.2, 0.25) is 0 Å². The van der Waals surface area contributed by atoms with Gasteiger partial charge in [0.15, 0.2) is 0 Å². The molecule has 0 radical (unpaired) electrons. The van der Waals surface area contributed by atoms with Crippen LogP contribution in [-0.4, -0.2) is 29.0 Å². The van der Waals surface area contributed by atoms with Crippen molar-refractivity contribution in [3.63, 3.8) is 0 Å². The maximum Gasteiger partial charge on any atom is 0.260 e. The molecule has 1 aliphatic heterocycles. The van der Waals surface area contributed by atoms with E-state index in [2.05, 4.69) is 26.3 Å². The zero-order chi connectivity index (χ0) is 19.0. The second-order valence-corrected chi connectivity index (χ2v) is 7.29. The largest absolute Gasteiger partial charge is 0.442 e. The van der Waals surface area contributed by atoms with Crippen LogP contribution in [0.15, 0.2) is 28.9 Å². The van der Waals surface area contributed by atoms with Gasteiger partial charge in [0.05, 0.1) is 10.9 Å². The van der Waals surface area contributed by atoms with Gasteiger partial charge < -0.3 is 14.6 Å². The molecule has 1 aromatic carbocycles. The molecule has 0 saturated carbocycles. The van der Waals surface area contributed by atoms with Crippen LogP contribution in [0.4, 0.5) is 11.5 Å². The van der Waals surface area contributed by atoms with Crippen molar-refractivity contribution in [3.8, 4) is 0 Å². The van der Waals surface area contributed by atoms with E-state index in [1.165, 1.54) is 12.7 Å². The summed E-state index contributed by atoms with van der Waals surface area (Å²) in [6.45, 7) is 7.72. The number of amides is 1. The maximum absolute atomic E-state index is 13.1. The average molecular weight is 364 g/mol. The normalized spacial score (nSPS) is 14.6. The fraction of sp³-hybridized carbons (Fsp3) is 0.381. The summed E-state index contributed by atoms with van der Waals surface area (Å²) in [4.78, 5) is 24.1. The summed E-state index contributed by atoms with van der Waals surface area (Å²) in [5.41, 5.74) is 3.98. The molecule has 0 bridgehead atoms. The number of piperidine rings is 1. The summed E-state index contributed by atoms with van der Waals surface area (Å²) in [5, 5.41) is 3.72. The summed E-state index contributed by atoms with van der Waals surface area (Å²) in [6.07, 6.45) is 5.01. The van der Waals surface area contributed by atoms with Gasteiger partial charge in [-0.1, -0.05) is 6.07 Å². The molecular formula is C21H24N4O2. The molecule has 0 atom stereocenters. The summed E-state index contributed by atoms with van der Waals surface area (Å²) in [5.74, 6) is 1.16. The molecule has 6 heteroatoms. The van der Waals surface area contributed by atoms with E-state index >= 15 is 0 Å². The van der Waals surface area contributed by atoms with Gasteiger partial charge in [-0.25, -0.2) is 9.97 Å². The van der Waals surface area contributed by atoms with Gasteiger partial charge in [0.25, 0.3) is 5.91 Å². The Hall–Kier alpha value is -2.89. The summed E-state index contributed by atoms with van der Waals surface area (Å²) < 4.78 is 5.80. The maximum atomic E-state index is 13.1. The Labute approximate surface area is 158 Å². The number of hydrogen-bond donors (Lipinski definition) is 1. The molecule has 0 aliphatic carbocycles. The minimum Gasteiger partial charge on any atom is -0.442 e. The van der Waals surface area contributed by atoms with Gasteiger partial charge in [0, 0.05) is 18.8 Å². The minimum atomic E-state index is -0.190. The number of rotatable bonds is 3. The van der Waals surface area contributed by atoms with Crippen LogP contribution in [0.1, 0.15) is 46.5 Å². The van der Waals surface area contributed by atoms with Gasteiger partial charge in [-0.05, 0) is 63.3 Å². The van der Waals surface area contributed by atoms with Crippen molar-refractivity contribution in [3.05, 3.63) is 47.0 Å². The number of carbonyl (C=O) groups is 1. The summed E-state index contributed by atoms with van der Waals surface area (Å²) in [6, 6.07) is 6.01. The summed E-state index contributed by atoms with van der Waals surface area (Å²) in [7, 11) is 0. The molecule has 2 aromatic heterocycles. The number of fused-ring (bicyclic) bond motifs is 1. The second kappa shape index (κ2) is 7.02. The van der Waals surface area contributed by atoms with E-state index in [0.717, 1.165) is 48.6 Å². The lowest BCUT2D eigenvalue weighted by Crippen LogP contribution is -2.30. The average Bonchev–Trinajstić information content (AvgIpc) is 2.97. The molecule has 1 aliphatic rings. The van der Waals surface area contributed by atoms with Gasteiger partial charge in [-0.3, -0.25) is 4.79 Å². The van der Waals surface area contributed by atoms with E-state index in [4.69, 9.17) is 4.42 Å². The highest BCUT2D eigenvalue weighted by Gasteiger charge is 2.26. The highest BCUT2D eigenvalue weighted by Crippen LogP contribution is 2.33. The lowest BCUT2D eigenvalue weighted by atomic mass is 10.1. The van der Waals surface area contributed by atoms with Crippen molar-refractivity contribution >= 4 is 28.5 Å². The van der Waals surface area contributed by atoms with Crippen molar-refractivity contribution < 1.29 is 9.21 Å². The van der Waals surface area contributed by atoms with Gasteiger partial charge in [0.2, 0.25) is 5.71 Å². The fourth-order valence-corrected chi connectivity index (χ4v) is 3.89. The number of aryl methyl sites for hydroxylation is 3. The highest BCUT2D eigenvalue weighted by molar-refractivity contribution is 6.15. The molecule has 140 valence electrons. The van der Waals surface area contributed by atoms with Crippen LogP contribution < -0.4 is 10.2 Å². The summed E-state index contributed by atoms with van der Waals surface area (Å²) >= 11 is 0. The number of aromatic nitrogens is 2. The van der Waals surface area contributed by atoms with Crippen molar-refractivity contribution in [1.29, 1.82) is 0 Å². The molecular weight excluding hydrogens is 340 g/mol. The Morgan fingerprint density at radius 2 is 1.74 bits per heavy atom. The Morgan fingerprint density at radius 1 is 1.04 bits per heavy atom. The zero-order valence-corrected chi connectivity index (χ0v) is 16.0. The molecule has 6 nitrogen and oxygen atoms in total. The van der Waals surface area contributed by atoms with Gasteiger partial charge in [-0.2, -0.15) is 0 Å².